The molecular weight excluding hydrogens is 184 g/mol. The van der Waals surface area contributed by atoms with Crippen molar-refractivity contribution >= 4 is 11.6 Å². The molecule has 1 heterocycles. The standard InChI is InChI=1S/C10H11ClN2/c11-10-9(7-3-4-7)8(5-12-13-10)6-1-2-6/h5-7H,1-4H2. The van der Waals surface area contributed by atoms with Crippen molar-refractivity contribution in [3.63, 3.8) is 0 Å². The predicted molar refractivity (Wildman–Crippen MR) is 51.0 cm³/mol. The number of halogens is 1. The second-order valence-electron chi connectivity index (χ2n) is 4.05. The van der Waals surface area contributed by atoms with Crippen molar-refractivity contribution in [1.29, 1.82) is 0 Å². The van der Waals surface area contributed by atoms with Gasteiger partial charge in [0.15, 0.2) is 5.15 Å². The summed E-state index contributed by atoms with van der Waals surface area (Å²) in [5.74, 6) is 1.43. The van der Waals surface area contributed by atoms with E-state index >= 15 is 0 Å². The molecule has 3 rings (SSSR count). The molecule has 0 N–H and O–H groups in total. The van der Waals surface area contributed by atoms with Gasteiger partial charge >= 0.3 is 0 Å². The Kier molecular flexibility index (Phi) is 1.59. The van der Waals surface area contributed by atoms with E-state index in [2.05, 4.69) is 10.2 Å². The molecule has 0 aromatic carbocycles. The van der Waals surface area contributed by atoms with E-state index in [-0.39, 0.29) is 0 Å². The molecule has 0 aliphatic heterocycles. The van der Waals surface area contributed by atoms with Crippen molar-refractivity contribution in [3.05, 3.63) is 22.5 Å². The highest BCUT2D eigenvalue weighted by molar-refractivity contribution is 6.30. The van der Waals surface area contributed by atoms with Crippen LogP contribution in [0, 0.1) is 0 Å². The van der Waals surface area contributed by atoms with Gasteiger partial charge in [-0.15, -0.1) is 5.10 Å². The summed E-state index contributed by atoms with van der Waals surface area (Å²) in [5.41, 5.74) is 2.68. The van der Waals surface area contributed by atoms with E-state index in [4.69, 9.17) is 11.6 Å². The second-order valence-corrected chi connectivity index (χ2v) is 4.41. The average Bonchev–Trinajstić information content (AvgIpc) is 3.00. The number of rotatable bonds is 2. The first-order valence-corrected chi connectivity index (χ1v) is 5.25. The molecule has 68 valence electrons. The van der Waals surface area contributed by atoms with Gasteiger partial charge in [-0.25, -0.2) is 0 Å². The Balaban J connectivity index is 2.09. The van der Waals surface area contributed by atoms with E-state index in [1.54, 1.807) is 0 Å². The third kappa shape index (κ3) is 1.33. The van der Waals surface area contributed by atoms with E-state index in [1.165, 1.54) is 36.8 Å². The summed E-state index contributed by atoms with van der Waals surface area (Å²) in [6.07, 6.45) is 7.09. The van der Waals surface area contributed by atoms with Crippen molar-refractivity contribution in [1.82, 2.24) is 10.2 Å². The minimum absolute atomic E-state index is 0.645. The molecule has 2 aliphatic rings. The zero-order valence-electron chi connectivity index (χ0n) is 7.33. The lowest BCUT2D eigenvalue weighted by atomic mass is 10.0. The molecule has 0 amide bonds. The first-order valence-electron chi connectivity index (χ1n) is 4.87. The number of hydrogen-bond acceptors (Lipinski definition) is 2. The van der Waals surface area contributed by atoms with Crippen molar-refractivity contribution in [2.45, 2.75) is 37.5 Å². The fraction of sp³-hybridized carbons (Fsp3) is 0.600. The molecule has 0 atom stereocenters. The van der Waals surface area contributed by atoms with Gasteiger partial charge in [-0.3, -0.25) is 0 Å². The third-order valence-corrected chi connectivity index (χ3v) is 3.16. The van der Waals surface area contributed by atoms with Crippen LogP contribution in [0.25, 0.3) is 0 Å². The van der Waals surface area contributed by atoms with Gasteiger partial charge in [0.2, 0.25) is 0 Å². The van der Waals surface area contributed by atoms with Crippen molar-refractivity contribution in [2.75, 3.05) is 0 Å². The molecule has 1 aromatic rings. The Morgan fingerprint density at radius 1 is 1.15 bits per heavy atom. The molecule has 2 nitrogen and oxygen atoms in total. The summed E-state index contributed by atoms with van der Waals surface area (Å²) < 4.78 is 0. The smallest absolute Gasteiger partial charge is 0.155 e. The number of hydrogen-bond donors (Lipinski definition) is 0. The third-order valence-electron chi connectivity index (χ3n) is 2.88. The lowest BCUT2D eigenvalue weighted by Crippen LogP contribution is -1.96. The summed E-state index contributed by atoms with van der Waals surface area (Å²) in [5, 5.41) is 8.51. The van der Waals surface area contributed by atoms with Gasteiger partial charge in [-0.1, -0.05) is 11.6 Å². The summed E-state index contributed by atoms with van der Waals surface area (Å²) >= 11 is 6.06. The predicted octanol–water partition coefficient (Wildman–Crippen LogP) is 2.88. The van der Waals surface area contributed by atoms with Crippen molar-refractivity contribution < 1.29 is 0 Å². The molecule has 2 fully saturated rings. The summed E-state index contributed by atoms with van der Waals surface area (Å²) in [6, 6.07) is 0. The highest BCUT2D eigenvalue weighted by Crippen LogP contribution is 2.50. The Morgan fingerprint density at radius 2 is 1.85 bits per heavy atom. The van der Waals surface area contributed by atoms with Crippen LogP contribution in [0.1, 0.15) is 48.6 Å². The maximum Gasteiger partial charge on any atom is 0.155 e. The van der Waals surface area contributed by atoms with Gasteiger partial charge in [0.25, 0.3) is 0 Å². The molecule has 0 unspecified atom stereocenters. The van der Waals surface area contributed by atoms with E-state index in [0.29, 0.717) is 11.1 Å². The fourth-order valence-corrected chi connectivity index (χ4v) is 2.19. The Hall–Kier alpha value is -0.630. The van der Waals surface area contributed by atoms with E-state index in [0.717, 1.165) is 5.92 Å². The largest absolute Gasteiger partial charge is 0.157 e. The summed E-state index contributed by atoms with van der Waals surface area (Å²) in [6.45, 7) is 0. The summed E-state index contributed by atoms with van der Waals surface area (Å²) in [7, 11) is 0. The van der Waals surface area contributed by atoms with E-state index in [1.807, 2.05) is 6.20 Å². The molecule has 0 saturated heterocycles. The van der Waals surface area contributed by atoms with Gasteiger partial charge < -0.3 is 0 Å². The van der Waals surface area contributed by atoms with E-state index < -0.39 is 0 Å². The fourth-order valence-electron chi connectivity index (χ4n) is 1.88. The quantitative estimate of drug-likeness (QED) is 0.724. The van der Waals surface area contributed by atoms with Crippen LogP contribution in [0.5, 0.6) is 0 Å². The minimum Gasteiger partial charge on any atom is -0.157 e. The average molecular weight is 195 g/mol. The molecule has 0 radical (unpaired) electrons. The van der Waals surface area contributed by atoms with Crippen LogP contribution in [0.15, 0.2) is 6.20 Å². The maximum atomic E-state index is 6.06. The number of aromatic nitrogens is 2. The zero-order chi connectivity index (χ0) is 8.84. The van der Waals surface area contributed by atoms with Crippen molar-refractivity contribution in [2.24, 2.45) is 0 Å². The van der Waals surface area contributed by atoms with Crippen LogP contribution in [0.4, 0.5) is 0 Å². The molecule has 0 bridgehead atoms. The molecular formula is C10H11ClN2. The van der Waals surface area contributed by atoms with Crippen LogP contribution in [0.2, 0.25) is 5.15 Å². The van der Waals surface area contributed by atoms with Crippen LogP contribution < -0.4 is 0 Å². The number of nitrogens with zero attached hydrogens (tertiary/aromatic N) is 2. The van der Waals surface area contributed by atoms with Gasteiger partial charge in [-0.05, 0) is 48.6 Å². The highest BCUT2D eigenvalue weighted by atomic mass is 35.5. The molecule has 1 aromatic heterocycles. The Bertz CT molecular complexity index is 343. The zero-order valence-corrected chi connectivity index (χ0v) is 8.09. The lowest BCUT2D eigenvalue weighted by Gasteiger charge is -2.06. The molecule has 13 heavy (non-hydrogen) atoms. The second kappa shape index (κ2) is 2.68. The summed E-state index contributed by atoms with van der Waals surface area (Å²) in [4.78, 5) is 0. The minimum atomic E-state index is 0.645. The monoisotopic (exact) mass is 194 g/mol. The molecule has 2 aliphatic carbocycles. The maximum absolute atomic E-state index is 6.06. The molecule has 2 saturated carbocycles. The first-order chi connectivity index (χ1) is 6.36. The topological polar surface area (TPSA) is 25.8 Å². The van der Waals surface area contributed by atoms with Gasteiger partial charge in [0, 0.05) is 0 Å². The van der Waals surface area contributed by atoms with Crippen LogP contribution >= 0.6 is 11.6 Å². The molecule has 3 heteroatoms. The first kappa shape index (κ1) is 7.74. The van der Waals surface area contributed by atoms with Crippen LogP contribution in [-0.4, -0.2) is 10.2 Å². The van der Waals surface area contributed by atoms with Crippen LogP contribution in [-0.2, 0) is 0 Å². The molecule has 0 spiro atoms. The van der Waals surface area contributed by atoms with Gasteiger partial charge in [0.05, 0.1) is 6.20 Å². The highest BCUT2D eigenvalue weighted by Gasteiger charge is 2.34. The van der Waals surface area contributed by atoms with Gasteiger partial charge in [-0.2, -0.15) is 5.10 Å². The lowest BCUT2D eigenvalue weighted by molar-refractivity contribution is 0.918. The van der Waals surface area contributed by atoms with Crippen molar-refractivity contribution in [3.8, 4) is 0 Å². The Morgan fingerprint density at radius 3 is 2.46 bits per heavy atom. The normalized spacial score (nSPS) is 21.9. The van der Waals surface area contributed by atoms with Gasteiger partial charge in [0.1, 0.15) is 0 Å². The SMILES string of the molecule is Clc1nncc(C2CC2)c1C1CC1. The Labute approximate surface area is 82.3 Å². The van der Waals surface area contributed by atoms with E-state index in [9.17, 15) is 0 Å². The van der Waals surface area contributed by atoms with Crippen LogP contribution in [0.3, 0.4) is 0 Å².